The van der Waals surface area contributed by atoms with Gasteiger partial charge in [0.1, 0.15) is 11.6 Å². The molecule has 30 heavy (non-hydrogen) atoms. The molecule has 0 amide bonds. The molecule has 3 aromatic rings. The van der Waals surface area contributed by atoms with E-state index in [9.17, 15) is 0 Å². The minimum Gasteiger partial charge on any atom is -0.497 e. The second kappa shape index (κ2) is 9.73. The van der Waals surface area contributed by atoms with Gasteiger partial charge in [-0.1, -0.05) is 30.3 Å². The highest BCUT2D eigenvalue weighted by Gasteiger charge is 2.21. The summed E-state index contributed by atoms with van der Waals surface area (Å²) < 4.78 is 5.37. The molecule has 0 saturated carbocycles. The maximum absolute atomic E-state index is 5.63. The van der Waals surface area contributed by atoms with Crippen molar-refractivity contribution in [2.75, 3.05) is 43.9 Å². The largest absolute Gasteiger partial charge is 0.497 e. The summed E-state index contributed by atoms with van der Waals surface area (Å²) in [6, 6.07) is 17.0. The van der Waals surface area contributed by atoms with Gasteiger partial charge in [-0.15, -0.1) is 0 Å². The number of nitrogens with zero attached hydrogens (tertiary/aromatic N) is 3. The second-order valence-electron chi connectivity index (χ2n) is 7.67. The van der Waals surface area contributed by atoms with Crippen LogP contribution in [0.3, 0.4) is 0 Å². The normalized spacial score (nSPS) is 15.3. The Morgan fingerprint density at radius 1 is 1.10 bits per heavy atom. The van der Waals surface area contributed by atoms with Crippen LogP contribution >= 0.6 is 0 Å². The Kier molecular flexibility index (Phi) is 6.61. The summed E-state index contributed by atoms with van der Waals surface area (Å²) in [7, 11) is 1.67. The molecule has 158 valence electrons. The molecule has 2 aromatic carbocycles. The second-order valence-corrected chi connectivity index (χ2v) is 7.67. The number of likely N-dealkylation sites (tertiary alicyclic amines) is 1. The maximum atomic E-state index is 5.63. The first-order chi connectivity index (χ1) is 14.7. The predicted octanol–water partition coefficient (Wildman–Crippen LogP) is 3.09. The SMILES string of the molecule is COc1ccc2c(NC3CCN(Cc4ccccc4)CC3)nc(NCCN)nc2c1. The first-order valence-electron chi connectivity index (χ1n) is 10.6. The quantitative estimate of drug-likeness (QED) is 0.530. The first-order valence-corrected chi connectivity index (χ1v) is 10.6. The van der Waals surface area contributed by atoms with Crippen molar-refractivity contribution in [1.82, 2.24) is 14.9 Å². The molecule has 0 unspecified atom stereocenters. The lowest BCUT2D eigenvalue weighted by Crippen LogP contribution is -2.38. The van der Waals surface area contributed by atoms with E-state index in [1.54, 1.807) is 7.11 Å². The van der Waals surface area contributed by atoms with Crippen LogP contribution in [-0.4, -0.2) is 54.2 Å². The summed E-state index contributed by atoms with van der Waals surface area (Å²) in [5.74, 6) is 2.24. The fraction of sp³-hybridized carbons (Fsp3) is 0.391. The molecule has 0 bridgehead atoms. The highest BCUT2D eigenvalue weighted by molar-refractivity contribution is 5.91. The number of methoxy groups -OCH3 is 1. The van der Waals surface area contributed by atoms with E-state index in [0.29, 0.717) is 25.1 Å². The van der Waals surface area contributed by atoms with Gasteiger partial charge < -0.3 is 21.1 Å². The minimum atomic E-state index is 0.389. The van der Waals surface area contributed by atoms with Crippen LogP contribution in [-0.2, 0) is 6.54 Å². The summed E-state index contributed by atoms with van der Waals surface area (Å²) in [5, 5.41) is 7.87. The van der Waals surface area contributed by atoms with Crippen LogP contribution in [0.25, 0.3) is 10.9 Å². The van der Waals surface area contributed by atoms with Gasteiger partial charge in [-0.05, 0) is 30.5 Å². The number of hydrogen-bond acceptors (Lipinski definition) is 7. The molecule has 7 nitrogen and oxygen atoms in total. The standard InChI is InChI=1S/C23H30N6O/c1-30-19-7-8-20-21(15-19)27-23(25-12-11-24)28-22(20)26-18-9-13-29(14-10-18)16-17-5-3-2-4-6-17/h2-8,15,18H,9-14,16,24H2,1H3,(H2,25,26,27,28). The molecule has 1 aliphatic rings. The van der Waals surface area contributed by atoms with Crippen molar-refractivity contribution in [2.45, 2.75) is 25.4 Å². The van der Waals surface area contributed by atoms with Crippen LogP contribution < -0.4 is 21.1 Å². The third kappa shape index (κ3) is 4.98. The Hall–Kier alpha value is -2.90. The van der Waals surface area contributed by atoms with Crippen molar-refractivity contribution in [3.63, 3.8) is 0 Å². The summed E-state index contributed by atoms with van der Waals surface area (Å²) in [5.41, 5.74) is 7.86. The van der Waals surface area contributed by atoms with E-state index in [4.69, 9.17) is 15.5 Å². The molecule has 0 spiro atoms. The number of hydrogen-bond donors (Lipinski definition) is 3. The molecule has 7 heteroatoms. The Labute approximate surface area is 177 Å². The summed E-state index contributed by atoms with van der Waals surface area (Å²) in [6.07, 6.45) is 2.17. The lowest BCUT2D eigenvalue weighted by Gasteiger charge is -2.32. The molecular weight excluding hydrogens is 376 g/mol. The highest BCUT2D eigenvalue weighted by Crippen LogP contribution is 2.28. The van der Waals surface area contributed by atoms with E-state index >= 15 is 0 Å². The van der Waals surface area contributed by atoms with Crippen molar-refractivity contribution in [3.05, 3.63) is 54.1 Å². The molecular formula is C23H30N6O. The summed E-state index contributed by atoms with van der Waals surface area (Å²) in [4.78, 5) is 11.9. The Morgan fingerprint density at radius 3 is 2.63 bits per heavy atom. The van der Waals surface area contributed by atoms with Gasteiger partial charge >= 0.3 is 0 Å². The fourth-order valence-electron chi connectivity index (χ4n) is 3.88. The molecule has 1 aromatic heterocycles. The Balaban J connectivity index is 1.46. The number of nitrogens with two attached hydrogens (primary N) is 1. The van der Waals surface area contributed by atoms with Crippen molar-refractivity contribution in [3.8, 4) is 5.75 Å². The van der Waals surface area contributed by atoms with E-state index in [0.717, 1.165) is 54.9 Å². The van der Waals surface area contributed by atoms with Gasteiger partial charge in [0.05, 0.1) is 12.6 Å². The number of ether oxygens (including phenoxy) is 1. The van der Waals surface area contributed by atoms with Gasteiger partial charge in [0.2, 0.25) is 5.95 Å². The van der Waals surface area contributed by atoms with E-state index in [-0.39, 0.29) is 0 Å². The van der Waals surface area contributed by atoms with Gasteiger partial charge in [-0.25, -0.2) is 4.98 Å². The smallest absolute Gasteiger partial charge is 0.225 e. The predicted molar refractivity (Wildman–Crippen MR) is 122 cm³/mol. The van der Waals surface area contributed by atoms with Gasteiger partial charge in [0.15, 0.2) is 0 Å². The maximum Gasteiger partial charge on any atom is 0.225 e. The fourth-order valence-corrected chi connectivity index (χ4v) is 3.88. The zero-order chi connectivity index (χ0) is 20.8. The Bertz CT molecular complexity index is 957. The molecule has 4 N–H and O–H groups in total. The molecule has 2 heterocycles. The van der Waals surface area contributed by atoms with E-state index in [1.165, 1.54) is 5.56 Å². The van der Waals surface area contributed by atoms with Gasteiger partial charge in [-0.3, -0.25) is 4.90 Å². The van der Waals surface area contributed by atoms with E-state index < -0.39 is 0 Å². The van der Waals surface area contributed by atoms with E-state index in [1.807, 2.05) is 18.2 Å². The molecule has 0 aliphatic carbocycles. The first kappa shape index (κ1) is 20.4. The van der Waals surface area contributed by atoms with E-state index in [2.05, 4.69) is 50.8 Å². The number of piperidine rings is 1. The lowest BCUT2D eigenvalue weighted by molar-refractivity contribution is 0.211. The average molecular weight is 407 g/mol. The summed E-state index contributed by atoms with van der Waals surface area (Å²) in [6.45, 7) is 4.31. The number of rotatable bonds is 8. The number of benzene rings is 2. The number of anilines is 2. The Morgan fingerprint density at radius 2 is 1.90 bits per heavy atom. The highest BCUT2D eigenvalue weighted by atomic mass is 16.5. The third-order valence-electron chi connectivity index (χ3n) is 5.51. The molecule has 0 atom stereocenters. The van der Waals surface area contributed by atoms with Crippen LogP contribution in [0.4, 0.5) is 11.8 Å². The number of aromatic nitrogens is 2. The monoisotopic (exact) mass is 406 g/mol. The number of nitrogens with one attached hydrogen (secondary N) is 2. The minimum absolute atomic E-state index is 0.389. The number of fused-ring (bicyclic) bond motifs is 1. The molecule has 0 radical (unpaired) electrons. The average Bonchev–Trinajstić information content (AvgIpc) is 2.79. The van der Waals surface area contributed by atoms with Crippen molar-refractivity contribution in [2.24, 2.45) is 5.73 Å². The van der Waals surface area contributed by atoms with Crippen molar-refractivity contribution >= 4 is 22.7 Å². The zero-order valence-corrected chi connectivity index (χ0v) is 17.5. The summed E-state index contributed by atoms with van der Waals surface area (Å²) >= 11 is 0. The van der Waals surface area contributed by atoms with Gasteiger partial charge in [0, 0.05) is 50.2 Å². The van der Waals surface area contributed by atoms with Crippen LogP contribution in [0, 0.1) is 0 Å². The van der Waals surface area contributed by atoms with Gasteiger partial charge in [-0.2, -0.15) is 4.98 Å². The van der Waals surface area contributed by atoms with Crippen LogP contribution in [0.15, 0.2) is 48.5 Å². The van der Waals surface area contributed by atoms with Crippen molar-refractivity contribution < 1.29 is 4.74 Å². The van der Waals surface area contributed by atoms with Crippen molar-refractivity contribution in [1.29, 1.82) is 0 Å². The van der Waals surface area contributed by atoms with Gasteiger partial charge in [0.25, 0.3) is 0 Å². The topological polar surface area (TPSA) is 88.3 Å². The van der Waals surface area contributed by atoms with Crippen LogP contribution in [0.2, 0.25) is 0 Å². The third-order valence-corrected chi connectivity index (χ3v) is 5.51. The zero-order valence-electron chi connectivity index (χ0n) is 17.5. The lowest BCUT2D eigenvalue weighted by atomic mass is 10.0. The molecule has 4 rings (SSSR count). The molecule has 1 saturated heterocycles. The van der Waals surface area contributed by atoms with Crippen LogP contribution in [0.1, 0.15) is 18.4 Å². The molecule has 1 aliphatic heterocycles. The molecule has 1 fully saturated rings. The van der Waals surface area contributed by atoms with Crippen LogP contribution in [0.5, 0.6) is 5.75 Å².